The molecule has 3 aromatic carbocycles. The van der Waals surface area contributed by atoms with E-state index in [0.717, 1.165) is 67.0 Å². The SMILES string of the molecule is CCC(c1ccc(C)cc1)C(O)(c1ccc(OCCN(C)C)cc1)c1ccc(OC2CCCCO2)cc1. The largest absolute Gasteiger partial charge is 0.492 e. The normalized spacial score (nSPS) is 18.3. The zero-order valence-corrected chi connectivity index (χ0v) is 22.7. The van der Waals surface area contributed by atoms with E-state index in [2.05, 4.69) is 43.0 Å². The van der Waals surface area contributed by atoms with Crippen LogP contribution in [0.5, 0.6) is 11.5 Å². The minimum absolute atomic E-state index is 0.137. The summed E-state index contributed by atoms with van der Waals surface area (Å²) in [7, 11) is 4.06. The van der Waals surface area contributed by atoms with Gasteiger partial charge in [-0.25, -0.2) is 0 Å². The first kappa shape index (κ1) is 27.2. The number of aryl methyl sites for hydroxylation is 1. The van der Waals surface area contributed by atoms with Crippen LogP contribution in [0.1, 0.15) is 60.8 Å². The number of rotatable bonds is 11. The molecule has 0 aromatic heterocycles. The lowest BCUT2D eigenvalue weighted by atomic mass is 9.71. The molecule has 1 aliphatic heterocycles. The number of benzene rings is 3. The number of hydrogen-bond acceptors (Lipinski definition) is 5. The van der Waals surface area contributed by atoms with Crippen LogP contribution in [0.3, 0.4) is 0 Å². The molecule has 3 unspecified atom stereocenters. The van der Waals surface area contributed by atoms with E-state index in [4.69, 9.17) is 14.2 Å². The molecule has 1 saturated heterocycles. The molecule has 1 fully saturated rings. The minimum Gasteiger partial charge on any atom is -0.492 e. The molecule has 4 rings (SSSR count). The molecule has 0 radical (unpaired) electrons. The summed E-state index contributed by atoms with van der Waals surface area (Å²) >= 11 is 0. The van der Waals surface area contributed by atoms with Crippen molar-refractivity contribution in [2.75, 3.05) is 33.9 Å². The van der Waals surface area contributed by atoms with Gasteiger partial charge in [0.15, 0.2) is 6.29 Å². The lowest BCUT2D eigenvalue weighted by molar-refractivity contribution is -0.105. The first-order chi connectivity index (χ1) is 17.9. The van der Waals surface area contributed by atoms with E-state index in [1.807, 2.05) is 62.6 Å². The third kappa shape index (κ3) is 6.72. The topological polar surface area (TPSA) is 51.2 Å². The standard InChI is InChI=1S/C32H41NO4/c1-5-30(25-11-9-24(2)10-12-25)32(34,26-13-17-28(18-14-26)35-23-21-33(3)4)27-15-19-29(20-16-27)37-31-8-6-7-22-36-31/h9-20,30-31,34H,5-8,21-23H2,1-4H3. The smallest absolute Gasteiger partial charge is 0.199 e. The van der Waals surface area contributed by atoms with Crippen molar-refractivity contribution in [2.45, 2.75) is 57.3 Å². The van der Waals surface area contributed by atoms with E-state index < -0.39 is 5.60 Å². The Balaban J connectivity index is 1.65. The second-order valence-corrected chi connectivity index (χ2v) is 10.3. The van der Waals surface area contributed by atoms with Crippen LogP contribution in [0, 0.1) is 6.92 Å². The quantitative estimate of drug-likeness (QED) is 0.334. The summed E-state index contributed by atoms with van der Waals surface area (Å²) in [5, 5.41) is 12.6. The predicted octanol–water partition coefficient (Wildman–Crippen LogP) is 6.27. The van der Waals surface area contributed by atoms with E-state index in [0.29, 0.717) is 6.61 Å². The second-order valence-electron chi connectivity index (χ2n) is 10.3. The molecule has 3 atom stereocenters. The van der Waals surface area contributed by atoms with Gasteiger partial charge in [0.25, 0.3) is 0 Å². The highest BCUT2D eigenvalue weighted by atomic mass is 16.7. The van der Waals surface area contributed by atoms with Gasteiger partial charge in [-0.05, 0) is 81.2 Å². The molecule has 1 aliphatic rings. The molecule has 5 heteroatoms. The van der Waals surface area contributed by atoms with Crippen LogP contribution in [0.4, 0.5) is 0 Å². The van der Waals surface area contributed by atoms with Gasteiger partial charge < -0.3 is 24.2 Å². The molecule has 0 spiro atoms. The van der Waals surface area contributed by atoms with Crippen molar-refractivity contribution in [3.05, 3.63) is 95.1 Å². The Morgan fingerprint density at radius 1 is 0.919 bits per heavy atom. The first-order valence-electron chi connectivity index (χ1n) is 13.5. The van der Waals surface area contributed by atoms with Crippen molar-refractivity contribution < 1.29 is 19.3 Å². The summed E-state index contributed by atoms with van der Waals surface area (Å²) in [4.78, 5) is 2.09. The molecule has 0 bridgehead atoms. The van der Waals surface area contributed by atoms with Gasteiger partial charge in [0, 0.05) is 18.9 Å². The number of ether oxygens (including phenoxy) is 3. The van der Waals surface area contributed by atoms with E-state index in [-0.39, 0.29) is 12.2 Å². The Morgan fingerprint density at radius 3 is 2.08 bits per heavy atom. The third-order valence-electron chi connectivity index (χ3n) is 7.19. The van der Waals surface area contributed by atoms with Gasteiger partial charge >= 0.3 is 0 Å². The first-order valence-corrected chi connectivity index (χ1v) is 13.5. The highest BCUT2D eigenvalue weighted by molar-refractivity contribution is 5.45. The van der Waals surface area contributed by atoms with Gasteiger partial charge in [-0.15, -0.1) is 0 Å². The number of nitrogens with zero attached hydrogens (tertiary/aromatic N) is 1. The van der Waals surface area contributed by atoms with E-state index in [9.17, 15) is 5.11 Å². The lowest BCUT2D eigenvalue weighted by Crippen LogP contribution is -2.35. The van der Waals surface area contributed by atoms with Crippen molar-refractivity contribution in [3.8, 4) is 11.5 Å². The fourth-order valence-corrected chi connectivity index (χ4v) is 5.03. The second kappa shape index (κ2) is 12.6. The summed E-state index contributed by atoms with van der Waals surface area (Å²) in [5.74, 6) is 1.42. The summed E-state index contributed by atoms with van der Waals surface area (Å²) < 4.78 is 17.7. The lowest BCUT2D eigenvalue weighted by Gasteiger charge is -2.37. The fourth-order valence-electron chi connectivity index (χ4n) is 5.03. The highest BCUT2D eigenvalue weighted by Crippen LogP contribution is 2.45. The van der Waals surface area contributed by atoms with Crippen LogP contribution in [0.15, 0.2) is 72.8 Å². The third-order valence-corrected chi connectivity index (χ3v) is 7.19. The average Bonchev–Trinajstić information content (AvgIpc) is 2.91. The van der Waals surface area contributed by atoms with Crippen LogP contribution in [0.25, 0.3) is 0 Å². The number of hydrogen-bond donors (Lipinski definition) is 1. The van der Waals surface area contributed by atoms with Crippen molar-refractivity contribution in [3.63, 3.8) is 0 Å². The van der Waals surface area contributed by atoms with Gasteiger partial charge in [-0.2, -0.15) is 0 Å². The predicted molar refractivity (Wildman–Crippen MR) is 148 cm³/mol. The molecule has 0 aliphatic carbocycles. The van der Waals surface area contributed by atoms with E-state index in [1.54, 1.807) is 0 Å². The monoisotopic (exact) mass is 503 g/mol. The van der Waals surface area contributed by atoms with E-state index >= 15 is 0 Å². The Hall–Kier alpha value is -2.86. The van der Waals surface area contributed by atoms with Crippen LogP contribution < -0.4 is 9.47 Å². The molecule has 0 amide bonds. The van der Waals surface area contributed by atoms with E-state index in [1.165, 1.54) is 5.56 Å². The maximum Gasteiger partial charge on any atom is 0.199 e. The molecule has 5 nitrogen and oxygen atoms in total. The Morgan fingerprint density at radius 2 is 1.54 bits per heavy atom. The van der Waals surface area contributed by atoms with Crippen LogP contribution in [-0.2, 0) is 10.3 Å². The van der Waals surface area contributed by atoms with Crippen molar-refractivity contribution in [1.82, 2.24) is 4.90 Å². The van der Waals surface area contributed by atoms with Gasteiger partial charge in [0.2, 0.25) is 0 Å². The maximum absolute atomic E-state index is 12.6. The number of likely N-dealkylation sites (N-methyl/N-ethyl adjacent to an activating group) is 1. The molecular formula is C32H41NO4. The minimum atomic E-state index is -1.23. The van der Waals surface area contributed by atoms with Crippen molar-refractivity contribution in [2.24, 2.45) is 0 Å². The number of aliphatic hydroxyl groups is 1. The molecule has 37 heavy (non-hydrogen) atoms. The molecule has 0 saturated carbocycles. The Kier molecular flexibility index (Phi) is 9.25. The van der Waals surface area contributed by atoms with Gasteiger partial charge in [0.05, 0.1) is 6.61 Å². The summed E-state index contributed by atoms with van der Waals surface area (Å²) in [6.07, 6.45) is 3.68. The van der Waals surface area contributed by atoms with Gasteiger partial charge in [-0.3, -0.25) is 0 Å². The van der Waals surface area contributed by atoms with Gasteiger partial charge in [0.1, 0.15) is 23.7 Å². The zero-order chi connectivity index (χ0) is 26.3. The highest BCUT2D eigenvalue weighted by Gasteiger charge is 2.40. The van der Waals surface area contributed by atoms with Gasteiger partial charge in [-0.1, -0.05) is 61.0 Å². The summed E-state index contributed by atoms with van der Waals surface area (Å²) in [5.41, 5.74) is 2.75. The fraction of sp³-hybridized carbons (Fsp3) is 0.438. The van der Waals surface area contributed by atoms with Crippen LogP contribution in [0.2, 0.25) is 0 Å². The molecule has 198 valence electrons. The zero-order valence-electron chi connectivity index (χ0n) is 22.7. The summed E-state index contributed by atoms with van der Waals surface area (Å²) in [6, 6.07) is 24.2. The van der Waals surface area contributed by atoms with Crippen molar-refractivity contribution >= 4 is 0 Å². The van der Waals surface area contributed by atoms with Crippen LogP contribution in [-0.4, -0.2) is 50.2 Å². The summed E-state index contributed by atoms with van der Waals surface area (Å²) in [6.45, 7) is 6.42. The average molecular weight is 504 g/mol. The molecule has 3 aromatic rings. The molecule has 1 N–H and O–H groups in total. The van der Waals surface area contributed by atoms with Crippen LogP contribution >= 0.6 is 0 Å². The molecular weight excluding hydrogens is 462 g/mol. The van der Waals surface area contributed by atoms with Crippen molar-refractivity contribution in [1.29, 1.82) is 0 Å². The Bertz CT molecular complexity index is 1090. The maximum atomic E-state index is 12.6. The Labute approximate surface area is 222 Å². The molecule has 1 heterocycles.